The zero-order valence-electron chi connectivity index (χ0n) is 11.9. The average molecular weight is 285 g/mol. The molecular formula is C17H19NO3. The Morgan fingerprint density at radius 2 is 2.05 bits per heavy atom. The van der Waals surface area contributed by atoms with E-state index in [0.717, 1.165) is 16.3 Å². The highest BCUT2D eigenvalue weighted by molar-refractivity contribution is 5.90. The number of rotatable bonds is 3. The fourth-order valence-corrected chi connectivity index (χ4v) is 2.85. The molecule has 0 spiro atoms. The van der Waals surface area contributed by atoms with Gasteiger partial charge >= 0.3 is 0 Å². The summed E-state index contributed by atoms with van der Waals surface area (Å²) >= 11 is 0. The maximum atomic E-state index is 12.5. The highest BCUT2D eigenvalue weighted by Gasteiger charge is 2.26. The number of nitrogens with zero attached hydrogens (tertiary/aromatic N) is 1. The average Bonchev–Trinajstić information content (AvgIpc) is 2.55. The molecule has 1 aliphatic heterocycles. The van der Waals surface area contributed by atoms with Gasteiger partial charge in [-0.15, -0.1) is 0 Å². The summed E-state index contributed by atoms with van der Waals surface area (Å²) in [6.45, 7) is 1.45. The third-order valence-corrected chi connectivity index (χ3v) is 3.98. The summed E-state index contributed by atoms with van der Waals surface area (Å²) in [4.78, 5) is 14.3. The molecular weight excluding hydrogens is 266 g/mol. The van der Waals surface area contributed by atoms with Crippen LogP contribution in [0.15, 0.2) is 42.5 Å². The maximum Gasteiger partial charge on any atom is 0.227 e. The van der Waals surface area contributed by atoms with Crippen molar-refractivity contribution >= 4 is 16.7 Å². The summed E-state index contributed by atoms with van der Waals surface area (Å²) < 4.78 is 5.32. The van der Waals surface area contributed by atoms with Crippen LogP contribution in [0, 0.1) is 0 Å². The summed E-state index contributed by atoms with van der Waals surface area (Å²) in [5.74, 6) is 0.0497. The number of benzene rings is 2. The highest BCUT2D eigenvalue weighted by atomic mass is 16.5. The van der Waals surface area contributed by atoms with Crippen molar-refractivity contribution in [1.82, 2.24) is 4.90 Å². The second-order valence-electron chi connectivity index (χ2n) is 5.31. The lowest BCUT2D eigenvalue weighted by molar-refractivity contribution is -0.140. The van der Waals surface area contributed by atoms with E-state index in [1.807, 2.05) is 30.3 Å². The van der Waals surface area contributed by atoms with Crippen molar-refractivity contribution in [2.45, 2.75) is 12.5 Å². The molecule has 1 saturated heterocycles. The number of aliphatic hydroxyl groups is 1. The van der Waals surface area contributed by atoms with Gasteiger partial charge in [0.15, 0.2) is 0 Å². The summed E-state index contributed by atoms with van der Waals surface area (Å²) in [6, 6.07) is 13.9. The molecule has 1 aliphatic rings. The quantitative estimate of drug-likeness (QED) is 0.932. The topological polar surface area (TPSA) is 49.8 Å². The SMILES string of the molecule is O=C(Cc1cccc2ccccc12)N1CCOC[C@H]1CO. The van der Waals surface area contributed by atoms with Crippen LogP contribution in [-0.4, -0.2) is 48.3 Å². The normalized spacial score (nSPS) is 18.9. The van der Waals surface area contributed by atoms with E-state index in [0.29, 0.717) is 26.2 Å². The molecule has 3 rings (SSSR count). The zero-order chi connectivity index (χ0) is 14.7. The van der Waals surface area contributed by atoms with Crippen LogP contribution in [0.4, 0.5) is 0 Å². The molecule has 1 heterocycles. The third kappa shape index (κ3) is 2.91. The predicted molar refractivity (Wildman–Crippen MR) is 81.1 cm³/mol. The minimum atomic E-state index is -0.221. The molecule has 4 nitrogen and oxygen atoms in total. The molecule has 0 aliphatic carbocycles. The van der Waals surface area contributed by atoms with Crippen LogP contribution in [0.5, 0.6) is 0 Å². The molecule has 1 amide bonds. The van der Waals surface area contributed by atoms with Crippen LogP contribution in [0.25, 0.3) is 10.8 Å². The van der Waals surface area contributed by atoms with E-state index in [4.69, 9.17) is 4.74 Å². The first-order valence-electron chi connectivity index (χ1n) is 7.24. The van der Waals surface area contributed by atoms with Gasteiger partial charge in [0.05, 0.1) is 32.3 Å². The number of amides is 1. The number of hydrogen-bond donors (Lipinski definition) is 1. The maximum absolute atomic E-state index is 12.5. The Kier molecular flexibility index (Phi) is 4.18. The molecule has 0 aromatic heterocycles. The molecule has 1 fully saturated rings. The number of carbonyl (C=O) groups is 1. The van der Waals surface area contributed by atoms with Crippen molar-refractivity contribution in [3.8, 4) is 0 Å². The van der Waals surface area contributed by atoms with Crippen LogP contribution < -0.4 is 0 Å². The minimum Gasteiger partial charge on any atom is -0.394 e. The first kappa shape index (κ1) is 14.0. The number of fused-ring (bicyclic) bond motifs is 1. The fourth-order valence-electron chi connectivity index (χ4n) is 2.85. The van der Waals surface area contributed by atoms with Gasteiger partial charge in [-0.2, -0.15) is 0 Å². The second kappa shape index (κ2) is 6.24. The van der Waals surface area contributed by atoms with Gasteiger partial charge in [0.2, 0.25) is 5.91 Å². The van der Waals surface area contributed by atoms with E-state index in [-0.39, 0.29) is 18.6 Å². The minimum absolute atomic E-state index is 0.0497. The Balaban J connectivity index is 1.83. The Morgan fingerprint density at radius 1 is 1.24 bits per heavy atom. The molecule has 21 heavy (non-hydrogen) atoms. The molecule has 2 aromatic carbocycles. The number of hydrogen-bond acceptors (Lipinski definition) is 3. The lowest BCUT2D eigenvalue weighted by atomic mass is 10.0. The van der Waals surface area contributed by atoms with Gasteiger partial charge < -0.3 is 14.7 Å². The van der Waals surface area contributed by atoms with Crippen molar-refractivity contribution in [1.29, 1.82) is 0 Å². The lowest BCUT2D eigenvalue weighted by Crippen LogP contribution is -2.51. The smallest absolute Gasteiger partial charge is 0.227 e. The van der Waals surface area contributed by atoms with E-state index in [1.165, 1.54) is 0 Å². The number of ether oxygens (including phenoxy) is 1. The Labute approximate surface area is 123 Å². The molecule has 0 saturated carbocycles. The van der Waals surface area contributed by atoms with Gasteiger partial charge in [0, 0.05) is 6.54 Å². The second-order valence-corrected chi connectivity index (χ2v) is 5.31. The van der Waals surface area contributed by atoms with Gasteiger partial charge in [0.25, 0.3) is 0 Å². The van der Waals surface area contributed by atoms with Crippen molar-refractivity contribution in [2.24, 2.45) is 0 Å². The molecule has 4 heteroatoms. The Hall–Kier alpha value is -1.91. The van der Waals surface area contributed by atoms with Crippen LogP contribution in [0.1, 0.15) is 5.56 Å². The van der Waals surface area contributed by atoms with Crippen LogP contribution >= 0.6 is 0 Å². The van der Waals surface area contributed by atoms with E-state index in [9.17, 15) is 9.90 Å². The monoisotopic (exact) mass is 285 g/mol. The Morgan fingerprint density at radius 3 is 2.90 bits per heavy atom. The van der Waals surface area contributed by atoms with Crippen molar-refractivity contribution < 1.29 is 14.6 Å². The highest BCUT2D eigenvalue weighted by Crippen LogP contribution is 2.20. The van der Waals surface area contributed by atoms with E-state index >= 15 is 0 Å². The van der Waals surface area contributed by atoms with Gasteiger partial charge in [-0.1, -0.05) is 42.5 Å². The van der Waals surface area contributed by atoms with E-state index in [2.05, 4.69) is 12.1 Å². The van der Waals surface area contributed by atoms with Crippen molar-refractivity contribution in [3.63, 3.8) is 0 Å². The molecule has 0 unspecified atom stereocenters. The van der Waals surface area contributed by atoms with Crippen LogP contribution in [0.3, 0.4) is 0 Å². The number of carbonyl (C=O) groups excluding carboxylic acids is 1. The molecule has 110 valence electrons. The van der Waals surface area contributed by atoms with Gasteiger partial charge in [-0.25, -0.2) is 0 Å². The first-order chi connectivity index (χ1) is 10.3. The third-order valence-electron chi connectivity index (χ3n) is 3.98. The Bertz CT molecular complexity index is 635. The number of morpholine rings is 1. The summed E-state index contributed by atoms with van der Waals surface area (Å²) in [5, 5.41) is 11.6. The van der Waals surface area contributed by atoms with Crippen molar-refractivity contribution in [2.75, 3.05) is 26.4 Å². The van der Waals surface area contributed by atoms with Gasteiger partial charge in [-0.3, -0.25) is 4.79 Å². The molecule has 0 bridgehead atoms. The van der Waals surface area contributed by atoms with Gasteiger partial charge in [0.1, 0.15) is 0 Å². The fraction of sp³-hybridized carbons (Fsp3) is 0.353. The lowest BCUT2D eigenvalue weighted by Gasteiger charge is -2.34. The number of aliphatic hydroxyl groups excluding tert-OH is 1. The zero-order valence-corrected chi connectivity index (χ0v) is 11.9. The summed E-state index contributed by atoms with van der Waals surface area (Å²) in [7, 11) is 0. The summed E-state index contributed by atoms with van der Waals surface area (Å²) in [6.07, 6.45) is 0.359. The molecule has 1 atom stereocenters. The summed E-state index contributed by atoms with van der Waals surface area (Å²) in [5.41, 5.74) is 1.03. The van der Waals surface area contributed by atoms with Crippen LogP contribution in [-0.2, 0) is 16.0 Å². The van der Waals surface area contributed by atoms with E-state index in [1.54, 1.807) is 4.90 Å². The molecule has 2 aromatic rings. The first-order valence-corrected chi connectivity index (χ1v) is 7.24. The molecule has 1 N–H and O–H groups in total. The predicted octanol–water partition coefficient (Wildman–Crippen LogP) is 1.60. The van der Waals surface area contributed by atoms with E-state index < -0.39 is 0 Å². The van der Waals surface area contributed by atoms with Crippen molar-refractivity contribution in [3.05, 3.63) is 48.0 Å². The molecule has 0 radical (unpaired) electrons. The largest absolute Gasteiger partial charge is 0.394 e. The van der Waals surface area contributed by atoms with Crippen LogP contribution in [0.2, 0.25) is 0 Å². The van der Waals surface area contributed by atoms with Gasteiger partial charge in [-0.05, 0) is 16.3 Å². The standard InChI is InChI=1S/C17H19NO3/c19-11-15-12-21-9-8-18(15)17(20)10-14-6-3-5-13-4-1-2-7-16(13)14/h1-7,15,19H,8-12H2/t15-/m1/s1.